The van der Waals surface area contributed by atoms with Crippen LogP contribution in [0.1, 0.15) is 30.5 Å². The smallest absolute Gasteiger partial charge is 0.145 e. The molecule has 2 rings (SSSR count). The van der Waals surface area contributed by atoms with Crippen LogP contribution in [0, 0.1) is 15.2 Å². The standard InChI is InChI=1S/C16H15BrF2IN/c1-2-9-21-16(10-5-3-4-6-13(10)20)14-12(18)8-7-11(17)15(14)19/h3-8,16,21H,2,9H2,1H3. The third-order valence-corrected chi connectivity index (χ3v) is 4.78. The minimum Gasteiger partial charge on any atom is -0.306 e. The molecule has 0 aromatic heterocycles. The van der Waals surface area contributed by atoms with Crippen LogP contribution in [0.5, 0.6) is 0 Å². The van der Waals surface area contributed by atoms with Crippen LogP contribution >= 0.6 is 38.5 Å². The monoisotopic (exact) mass is 465 g/mol. The molecule has 1 nitrogen and oxygen atoms in total. The number of hydrogen-bond donors (Lipinski definition) is 1. The topological polar surface area (TPSA) is 12.0 Å². The molecule has 0 fully saturated rings. The van der Waals surface area contributed by atoms with Crippen molar-refractivity contribution in [2.45, 2.75) is 19.4 Å². The Morgan fingerprint density at radius 2 is 1.90 bits per heavy atom. The average Bonchev–Trinajstić information content (AvgIpc) is 2.47. The fourth-order valence-electron chi connectivity index (χ4n) is 2.17. The van der Waals surface area contributed by atoms with E-state index in [0.717, 1.165) is 15.6 Å². The molecule has 1 unspecified atom stereocenters. The number of rotatable bonds is 5. The zero-order valence-corrected chi connectivity index (χ0v) is 15.2. The minimum absolute atomic E-state index is 0.0574. The van der Waals surface area contributed by atoms with Gasteiger partial charge >= 0.3 is 0 Å². The van der Waals surface area contributed by atoms with Gasteiger partial charge in [-0.05, 0) is 75.2 Å². The quantitative estimate of drug-likeness (QED) is 0.459. The molecule has 21 heavy (non-hydrogen) atoms. The Morgan fingerprint density at radius 3 is 2.57 bits per heavy atom. The van der Waals surface area contributed by atoms with Crippen molar-refractivity contribution in [2.75, 3.05) is 6.54 Å². The summed E-state index contributed by atoms with van der Waals surface area (Å²) in [7, 11) is 0. The van der Waals surface area contributed by atoms with Crippen molar-refractivity contribution < 1.29 is 8.78 Å². The van der Waals surface area contributed by atoms with Crippen LogP contribution in [0.3, 0.4) is 0 Å². The molecule has 112 valence electrons. The van der Waals surface area contributed by atoms with E-state index in [-0.39, 0.29) is 10.0 Å². The van der Waals surface area contributed by atoms with E-state index in [0.29, 0.717) is 6.54 Å². The van der Waals surface area contributed by atoms with E-state index in [2.05, 4.69) is 43.8 Å². The van der Waals surface area contributed by atoms with Crippen molar-refractivity contribution in [3.8, 4) is 0 Å². The fraction of sp³-hybridized carbons (Fsp3) is 0.250. The molecular weight excluding hydrogens is 451 g/mol. The molecule has 0 aliphatic carbocycles. The summed E-state index contributed by atoms with van der Waals surface area (Å²) in [4.78, 5) is 0. The summed E-state index contributed by atoms with van der Waals surface area (Å²) in [6, 6.07) is 9.80. The molecule has 2 aromatic carbocycles. The average molecular weight is 466 g/mol. The second kappa shape index (κ2) is 7.65. The van der Waals surface area contributed by atoms with Crippen LogP contribution in [0.2, 0.25) is 0 Å². The van der Waals surface area contributed by atoms with E-state index in [9.17, 15) is 8.78 Å². The van der Waals surface area contributed by atoms with Gasteiger partial charge < -0.3 is 5.32 Å². The van der Waals surface area contributed by atoms with Gasteiger partial charge in [0.05, 0.1) is 10.5 Å². The maximum absolute atomic E-state index is 14.4. The van der Waals surface area contributed by atoms with Crippen molar-refractivity contribution in [3.05, 3.63) is 67.2 Å². The van der Waals surface area contributed by atoms with Gasteiger partial charge in [0.1, 0.15) is 11.6 Å². The van der Waals surface area contributed by atoms with E-state index < -0.39 is 17.7 Å². The second-order valence-electron chi connectivity index (χ2n) is 4.67. The first-order chi connectivity index (χ1) is 10.1. The van der Waals surface area contributed by atoms with Gasteiger partial charge in [-0.15, -0.1) is 0 Å². The number of hydrogen-bond acceptors (Lipinski definition) is 1. The van der Waals surface area contributed by atoms with Crippen LogP contribution in [0.25, 0.3) is 0 Å². The van der Waals surface area contributed by atoms with Gasteiger partial charge in [0.2, 0.25) is 0 Å². The Bertz CT molecular complexity index is 634. The fourth-order valence-corrected chi connectivity index (χ4v) is 3.22. The van der Waals surface area contributed by atoms with Crippen LogP contribution < -0.4 is 5.32 Å². The summed E-state index contributed by atoms with van der Waals surface area (Å²) in [6.45, 7) is 2.70. The highest BCUT2D eigenvalue weighted by atomic mass is 127. The largest absolute Gasteiger partial charge is 0.306 e. The molecule has 0 spiro atoms. The lowest BCUT2D eigenvalue weighted by Crippen LogP contribution is -2.26. The summed E-state index contributed by atoms with van der Waals surface area (Å²) in [6.07, 6.45) is 0.886. The second-order valence-corrected chi connectivity index (χ2v) is 6.68. The Labute approximate surface area is 145 Å². The summed E-state index contributed by atoms with van der Waals surface area (Å²) in [5.41, 5.74) is 0.935. The first-order valence-electron chi connectivity index (χ1n) is 6.67. The van der Waals surface area contributed by atoms with Crippen molar-refractivity contribution in [3.63, 3.8) is 0 Å². The molecule has 0 aliphatic heterocycles. The van der Waals surface area contributed by atoms with Crippen molar-refractivity contribution >= 4 is 38.5 Å². The molecule has 0 aliphatic rings. The predicted molar refractivity (Wildman–Crippen MR) is 93.4 cm³/mol. The van der Waals surface area contributed by atoms with Gasteiger partial charge in [0.15, 0.2) is 0 Å². The van der Waals surface area contributed by atoms with Crippen molar-refractivity contribution in [2.24, 2.45) is 0 Å². The molecule has 0 bridgehead atoms. The lowest BCUT2D eigenvalue weighted by atomic mass is 9.97. The third-order valence-electron chi connectivity index (χ3n) is 3.18. The van der Waals surface area contributed by atoms with E-state index in [1.165, 1.54) is 12.1 Å². The minimum atomic E-state index is -0.553. The third kappa shape index (κ3) is 3.81. The summed E-state index contributed by atoms with van der Waals surface area (Å²) in [5, 5.41) is 3.25. The van der Waals surface area contributed by atoms with E-state index in [1.54, 1.807) is 0 Å². The first-order valence-corrected chi connectivity index (χ1v) is 8.54. The van der Waals surface area contributed by atoms with E-state index in [4.69, 9.17) is 0 Å². The van der Waals surface area contributed by atoms with Crippen LogP contribution in [0.15, 0.2) is 40.9 Å². The molecular formula is C16H15BrF2IN. The van der Waals surface area contributed by atoms with E-state index >= 15 is 0 Å². The Morgan fingerprint density at radius 1 is 1.19 bits per heavy atom. The van der Waals surface area contributed by atoms with Gasteiger partial charge in [0, 0.05) is 9.13 Å². The highest BCUT2D eigenvalue weighted by Gasteiger charge is 2.24. The van der Waals surface area contributed by atoms with Gasteiger partial charge in [-0.25, -0.2) is 8.78 Å². The molecule has 1 atom stereocenters. The molecule has 0 amide bonds. The Hall–Kier alpha value is -0.530. The molecule has 0 heterocycles. The number of benzene rings is 2. The molecule has 2 aromatic rings. The summed E-state index contributed by atoms with van der Waals surface area (Å²) >= 11 is 5.33. The van der Waals surface area contributed by atoms with Gasteiger partial charge in [-0.1, -0.05) is 25.1 Å². The number of halogens is 4. The maximum Gasteiger partial charge on any atom is 0.145 e. The molecule has 0 saturated carbocycles. The molecule has 0 saturated heterocycles. The van der Waals surface area contributed by atoms with Crippen molar-refractivity contribution in [1.82, 2.24) is 5.32 Å². The highest BCUT2D eigenvalue weighted by molar-refractivity contribution is 14.1. The lowest BCUT2D eigenvalue weighted by molar-refractivity contribution is 0.499. The maximum atomic E-state index is 14.4. The summed E-state index contributed by atoms with van der Waals surface area (Å²) < 4.78 is 29.9. The predicted octanol–water partition coefficient (Wildman–Crippen LogP) is 5.42. The van der Waals surface area contributed by atoms with E-state index in [1.807, 2.05) is 31.2 Å². The highest BCUT2D eigenvalue weighted by Crippen LogP contribution is 2.32. The van der Waals surface area contributed by atoms with Crippen LogP contribution in [-0.2, 0) is 0 Å². The zero-order chi connectivity index (χ0) is 15.4. The van der Waals surface area contributed by atoms with Gasteiger partial charge in [-0.2, -0.15) is 0 Å². The Balaban J connectivity index is 2.56. The normalized spacial score (nSPS) is 12.4. The number of nitrogens with one attached hydrogen (secondary N) is 1. The first kappa shape index (κ1) is 16.8. The molecule has 1 N–H and O–H groups in total. The van der Waals surface area contributed by atoms with Crippen LogP contribution in [0.4, 0.5) is 8.78 Å². The zero-order valence-electron chi connectivity index (χ0n) is 11.5. The Kier molecular flexibility index (Phi) is 6.13. The van der Waals surface area contributed by atoms with Gasteiger partial charge in [0.25, 0.3) is 0 Å². The lowest BCUT2D eigenvalue weighted by Gasteiger charge is -2.22. The van der Waals surface area contributed by atoms with Gasteiger partial charge in [-0.3, -0.25) is 0 Å². The summed E-state index contributed by atoms with van der Waals surface area (Å²) in [5.74, 6) is -1.09. The van der Waals surface area contributed by atoms with Crippen molar-refractivity contribution in [1.29, 1.82) is 0 Å². The SMILES string of the molecule is CCCNC(c1ccccc1I)c1c(F)ccc(Br)c1F. The molecule has 0 radical (unpaired) electrons. The molecule has 5 heteroatoms. The van der Waals surface area contributed by atoms with Crippen LogP contribution in [-0.4, -0.2) is 6.54 Å².